The van der Waals surface area contributed by atoms with Gasteiger partial charge in [-0.15, -0.1) is 0 Å². The second kappa shape index (κ2) is 6.66. The molecule has 1 aliphatic carbocycles. The van der Waals surface area contributed by atoms with E-state index < -0.39 is 17.5 Å². The van der Waals surface area contributed by atoms with Gasteiger partial charge in [-0.25, -0.2) is 18.7 Å². The molecule has 1 fully saturated rings. The summed E-state index contributed by atoms with van der Waals surface area (Å²) in [6.45, 7) is 3.90. The third kappa shape index (κ3) is 3.14. The average molecular weight is 346 g/mol. The van der Waals surface area contributed by atoms with Gasteiger partial charge >= 0.3 is 11.9 Å². The maximum atomic E-state index is 13.1. The van der Waals surface area contributed by atoms with Crippen LogP contribution in [0.2, 0.25) is 0 Å². The molecule has 0 saturated heterocycles. The number of hydrogen-bond acceptors (Lipinski definition) is 5. The van der Waals surface area contributed by atoms with Gasteiger partial charge in [-0.2, -0.15) is 5.10 Å². The summed E-state index contributed by atoms with van der Waals surface area (Å²) in [6.07, 6.45) is 1.09. The lowest BCUT2D eigenvalue weighted by Crippen LogP contribution is -2.33. The minimum absolute atomic E-state index is 0.187. The summed E-state index contributed by atoms with van der Waals surface area (Å²) in [5.41, 5.74) is 0.340. The molecule has 0 radical (unpaired) electrons. The quantitative estimate of drug-likeness (QED) is 0.752. The van der Waals surface area contributed by atoms with Crippen LogP contribution in [0.25, 0.3) is 11.3 Å². The Morgan fingerprint density at radius 3 is 2.36 bits per heavy atom. The van der Waals surface area contributed by atoms with Crippen LogP contribution in [0.3, 0.4) is 0 Å². The van der Waals surface area contributed by atoms with E-state index in [1.54, 1.807) is 32.0 Å². The molecule has 0 spiro atoms. The molecule has 1 aromatic heterocycles. The van der Waals surface area contributed by atoms with Crippen molar-refractivity contribution in [3.63, 3.8) is 0 Å². The molecule has 132 valence electrons. The Kier molecular flexibility index (Phi) is 4.57. The van der Waals surface area contributed by atoms with Crippen molar-refractivity contribution in [1.29, 1.82) is 0 Å². The monoisotopic (exact) mass is 346 g/mol. The van der Waals surface area contributed by atoms with Gasteiger partial charge in [0.25, 0.3) is 0 Å². The van der Waals surface area contributed by atoms with E-state index in [-0.39, 0.29) is 24.7 Å². The fourth-order valence-corrected chi connectivity index (χ4v) is 2.71. The number of carbonyl (C=O) groups is 2. The first-order valence-electron chi connectivity index (χ1n) is 8.22. The molecule has 1 saturated carbocycles. The van der Waals surface area contributed by atoms with Crippen LogP contribution in [0, 0.1) is 5.82 Å². The molecule has 0 bridgehead atoms. The molecular weight excluding hydrogens is 327 g/mol. The van der Waals surface area contributed by atoms with E-state index in [2.05, 4.69) is 5.10 Å². The van der Waals surface area contributed by atoms with Crippen molar-refractivity contribution in [2.45, 2.75) is 32.2 Å². The lowest BCUT2D eigenvalue weighted by Gasteiger charge is -2.16. The van der Waals surface area contributed by atoms with E-state index in [0.717, 1.165) is 0 Å². The highest BCUT2D eigenvalue weighted by atomic mass is 19.1. The Bertz CT molecular complexity index is 794. The van der Waals surface area contributed by atoms with Crippen LogP contribution in [-0.2, 0) is 19.8 Å². The van der Waals surface area contributed by atoms with Gasteiger partial charge in [0.2, 0.25) is 0 Å². The molecule has 0 unspecified atom stereocenters. The Morgan fingerprint density at radius 2 is 1.80 bits per heavy atom. The van der Waals surface area contributed by atoms with E-state index >= 15 is 0 Å². The molecule has 2 aromatic rings. The normalized spacial score (nSPS) is 14.8. The van der Waals surface area contributed by atoms with E-state index in [9.17, 15) is 14.0 Å². The molecule has 1 heterocycles. The molecule has 3 rings (SSSR count). The van der Waals surface area contributed by atoms with E-state index in [0.29, 0.717) is 24.1 Å². The molecule has 6 nitrogen and oxygen atoms in total. The highest BCUT2D eigenvalue weighted by molar-refractivity contribution is 5.91. The zero-order valence-electron chi connectivity index (χ0n) is 14.1. The number of ether oxygens (including phenoxy) is 2. The van der Waals surface area contributed by atoms with Gasteiger partial charge in [0, 0.05) is 5.56 Å². The highest BCUT2D eigenvalue weighted by Gasteiger charge is 2.56. The maximum Gasteiger partial charge on any atom is 0.356 e. The number of rotatable bonds is 6. The lowest BCUT2D eigenvalue weighted by molar-refractivity contribution is -0.149. The van der Waals surface area contributed by atoms with Crippen molar-refractivity contribution in [2.24, 2.45) is 0 Å². The van der Waals surface area contributed by atoms with Crippen molar-refractivity contribution in [2.75, 3.05) is 13.2 Å². The predicted molar refractivity (Wildman–Crippen MR) is 87.4 cm³/mol. The smallest absolute Gasteiger partial charge is 0.356 e. The number of halogens is 1. The summed E-state index contributed by atoms with van der Waals surface area (Å²) in [4.78, 5) is 24.7. The van der Waals surface area contributed by atoms with Crippen molar-refractivity contribution >= 4 is 11.9 Å². The zero-order valence-corrected chi connectivity index (χ0v) is 14.1. The minimum atomic E-state index is -0.962. The second-order valence-corrected chi connectivity index (χ2v) is 5.81. The third-order valence-corrected chi connectivity index (χ3v) is 4.12. The molecule has 0 N–H and O–H groups in total. The second-order valence-electron chi connectivity index (χ2n) is 5.81. The summed E-state index contributed by atoms with van der Waals surface area (Å²) < 4.78 is 24.8. The predicted octanol–water partition coefficient (Wildman–Crippen LogP) is 2.92. The Balaban J connectivity index is 2.05. The van der Waals surface area contributed by atoms with Crippen LogP contribution in [0.15, 0.2) is 30.3 Å². The maximum absolute atomic E-state index is 13.1. The van der Waals surface area contributed by atoms with E-state index in [1.807, 2.05) is 0 Å². The molecule has 0 atom stereocenters. The Labute approximate surface area is 144 Å². The molecular formula is C18H19FN2O4. The largest absolute Gasteiger partial charge is 0.464 e. The highest BCUT2D eigenvalue weighted by Crippen LogP contribution is 2.45. The zero-order chi connectivity index (χ0) is 18.0. The number of nitrogens with zero attached hydrogens (tertiary/aromatic N) is 2. The van der Waals surface area contributed by atoms with Gasteiger partial charge in [-0.1, -0.05) is 0 Å². The average Bonchev–Trinajstić information content (AvgIpc) is 3.28. The van der Waals surface area contributed by atoms with Crippen molar-refractivity contribution in [1.82, 2.24) is 9.78 Å². The summed E-state index contributed by atoms with van der Waals surface area (Å²) >= 11 is 0. The number of aromatic nitrogens is 2. The molecule has 0 aliphatic heterocycles. The summed E-state index contributed by atoms with van der Waals surface area (Å²) in [7, 11) is 0. The first-order valence-corrected chi connectivity index (χ1v) is 8.22. The van der Waals surface area contributed by atoms with Crippen molar-refractivity contribution in [3.8, 4) is 11.3 Å². The van der Waals surface area contributed by atoms with Crippen LogP contribution in [-0.4, -0.2) is 34.9 Å². The van der Waals surface area contributed by atoms with Crippen molar-refractivity contribution in [3.05, 3.63) is 41.8 Å². The minimum Gasteiger partial charge on any atom is -0.464 e. The standard InChI is InChI=1S/C18H19FN2O4/c1-3-24-16(22)15-11-14(12-5-7-13(19)8-6-12)20-21(15)18(9-10-18)17(23)25-4-2/h5-8,11H,3-4,9-10H2,1-2H3. The number of hydrogen-bond donors (Lipinski definition) is 0. The fraction of sp³-hybridized carbons (Fsp3) is 0.389. The van der Waals surface area contributed by atoms with Crippen LogP contribution in [0.4, 0.5) is 4.39 Å². The fourth-order valence-electron chi connectivity index (χ4n) is 2.71. The van der Waals surface area contributed by atoms with Crippen molar-refractivity contribution < 1.29 is 23.5 Å². The van der Waals surface area contributed by atoms with Crippen LogP contribution < -0.4 is 0 Å². The van der Waals surface area contributed by atoms with Gasteiger partial charge in [-0.05, 0) is 57.0 Å². The molecule has 1 aliphatic rings. The summed E-state index contributed by atoms with van der Waals surface area (Å²) in [5, 5.41) is 4.44. The van der Waals surface area contributed by atoms with Gasteiger partial charge in [0.15, 0.2) is 5.54 Å². The molecule has 0 amide bonds. The van der Waals surface area contributed by atoms with E-state index in [1.165, 1.54) is 16.8 Å². The van der Waals surface area contributed by atoms with Gasteiger partial charge in [0.05, 0.1) is 18.9 Å². The number of benzene rings is 1. The number of esters is 2. The first-order chi connectivity index (χ1) is 12.0. The molecule has 25 heavy (non-hydrogen) atoms. The Morgan fingerprint density at radius 1 is 1.16 bits per heavy atom. The van der Waals surface area contributed by atoms with E-state index in [4.69, 9.17) is 9.47 Å². The first kappa shape index (κ1) is 17.1. The van der Waals surface area contributed by atoms with Gasteiger partial charge < -0.3 is 9.47 Å². The van der Waals surface area contributed by atoms with Gasteiger partial charge in [0.1, 0.15) is 11.5 Å². The molecule has 1 aromatic carbocycles. The number of carbonyl (C=O) groups excluding carboxylic acids is 2. The van der Waals surface area contributed by atoms with Crippen LogP contribution in [0.1, 0.15) is 37.2 Å². The third-order valence-electron chi connectivity index (χ3n) is 4.12. The van der Waals surface area contributed by atoms with Crippen LogP contribution >= 0.6 is 0 Å². The summed E-state index contributed by atoms with van der Waals surface area (Å²) in [5.74, 6) is -1.33. The molecule has 7 heteroatoms. The SMILES string of the molecule is CCOC(=O)c1cc(-c2ccc(F)cc2)nn1C1(C(=O)OCC)CC1. The lowest BCUT2D eigenvalue weighted by atomic mass is 10.1. The van der Waals surface area contributed by atoms with Crippen LogP contribution in [0.5, 0.6) is 0 Å². The Hall–Kier alpha value is -2.70. The topological polar surface area (TPSA) is 70.4 Å². The summed E-state index contributed by atoms with van der Waals surface area (Å²) in [6, 6.07) is 7.33. The van der Waals surface area contributed by atoms with Gasteiger partial charge in [-0.3, -0.25) is 0 Å².